The van der Waals surface area contributed by atoms with Crippen LogP contribution < -0.4 is 0 Å². The van der Waals surface area contributed by atoms with Crippen LogP contribution in [0.1, 0.15) is 56.3 Å². The molecule has 1 aliphatic carbocycles. The van der Waals surface area contributed by atoms with Crippen LogP contribution in [0, 0.1) is 0 Å². The van der Waals surface area contributed by atoms with E-state index in [0.29, 0.717) is 6.04 Å². The molecule has 0 saturated heterocycles. The van der Waals surface area contributed by atoms with Crippen LogP contribution in [0.25, 0.3) is 0 Å². The van der Waals surface area contributed by atoms with Gasteiger partial charge in [0.2, 0.25) is 0 Å². The Bertz CT molecular complexity index is 291. The van der Waals surface area contributed by atoms with E-state index in [4.69, 9.17) is 11.6 Å². The van der Waals surface area contributed by atoms with Crippen LogP contribution in [0.4, 0.5) is 0 Å². The van der Waals surface area contributed by atoms with Crippen molar-refractivity contribution in [2.24, 2.45) is 0 Å². The van der Waals surface area contributed by atoms with Crippen molar-refractivity contribution in [1.82, 2.24) is 20.2 Å². The van der Waals surface area contributed by atoms with Crippen LogP contribution in [0.2, 0.25) is 0 Å². The van der Waals surface area contributed by atoms with Crippen molar-refractivity contribution in [3.05, 3.63) is 5.82 Å². The highest BCUT2D eigenvalue weighted by Gasteiger charge is 2.21. The number of halogens is 1. The summed E-state index contributed by atoms with van der Waals surface area (Å²) in [6.45, 7) is 1.91. The molecule has 0 N–H and O–H groups in total. The zero-order chi connectivity index (χ0) is 9.97. The van der Waals surface area contributed by atoms with E-state index in [0.717, 1.165) is 5.82 Å². The third-order valence-corrected chi connectivity index (χ3v) is 2.99. The summed E-state index contributed by atoms with van der Waals surface area (Å²) in [6.07, 6.45) is 6.26. The Morgan fingerprint density at radius 2 is 2.07 bits per heavy atom. The van der Waals surface area contributed by atoms with Gasteiger partial charge in [0.25, 0.3) is 0 Å². The topological polar surface area (TPSA) is 43.6 Å². The quantitative estimate of drug-likeness (QED) is 0.711. The largest absolute Gasteiger partial charge is 0.225 e. The second-order valence-corrected chi connectivity index (χ2v) is 4.54. The molecule has 0 bridgehead atoms. The average Bonchev–Trinajstić information content (AvgIpc) is 2.67. The Morgan fingerprint density at radius 3 is 2.71 bits per heavy atom. The molecule has 78 valence electrons. The summed E-state index contributed by atoms with van der Waals surface area (Å²) in [5.74, 6) is 0.804. The lowest BCUT2D eigenvalue weighted by Crippen LogP contribution is -2.17. The Labute approximate surface area is 88.6 Å². The zero-order valence-corrected chi connectivity index (χ0v) is 9.11. The van der Waals surface area contributed by atoms with Gasteiger partial charge < -0.3 is 0 Å². The lowest BCUT2D eigenvalue weighted by Gasteiger charge is -2.22. The predicted octanol–water partition coefficient (Wildman–Crippen LogP) is 2.48. The van der Waals surface area contributed by atoms with Crippen LogP contribution in [0.3, 0.4) is 0 Å². The minimum absolute atomic E-state index is 0.105. The number of nitrogens with zero attached hydrogens (tertiary/aromatic N) is 4. The number of hydrogen-bond acceptors (Lipinski definition) is 3. The van der Waals surface area contributed by atoms with Crippen molar-refractivity contribution in [2.75, 3.05) is 0 Å². The summed E-state index contributed by atoms with van der Waals surface area (Å²) in [6, 6.07) is 0.468. The van der Waals surface area contributed by atoms with E-state index in [-0.39, 0.29) is 5.38 Å². The lowest BCUT2D eigenvalue weighted by molar-refractivity contribution is 0.316. The van der Waals surface area contributed by atoms with E-state index in [1.54, 1.807) is 0 Å². The van der Waals surface area contributed by atoms with E-state index in [1.165, 1.54) is 32.1 Å². The van der Waals surface area contributed by atoms with Gasteiger partial charge in [-0.2, -0.15) is 0 Å². The monoisotopic (exact) mass is 214 g/mol. The number of alkyl halides is 1. The van der Waals surface area contributed by atoms with Crippen LogP contribution in [0.5, 0.6) is 0 Å². The molecule has 1 aromatic heterocycles. The normalized spacial score (nSPS) is 21.0. The van der Waals surface area contributed by atoms with Crippen LogP contribution in [0.15, 0.2) is 0 Å². The molecule has 1 fully saturated rings. The minimum Gasteiger partial charge on any atom is -0.225 e. The Hall–Kier alpha value is -0.640. The zero-order valence-electron chi connectivity index (χ0n) is 8.36. The first-order chi connectivity index (χ1) is 6.79. The van der Waals surface area contributed by atoms with Crippen molar-refractivity contribution >= 4 is 11.6 Å². The Balaban J connectivity index is 2.17. The summed E-state index contributed by atoms with van der Waals surface area (Å²) >= 11 is 6.01. The number of hydrogen-bond donors (Lipinski definition) is 0. The van der Waals surface area contributed by atoms with Crippen LogP contribution >= 0.6 is 11.6 Å². The fraction of sp³-hybridized carbons (Fsp3) is 0.889. The lowest BCUT2D eigenvalue weighted by atomic mass is 9.95. The molecule has 0 aromatic carbocycles. The molecule has 1 aliphatic rings. The minimum atomic E-state index is -0.105. The first-order valence-corrected chi connectivity index (χ1v) is 5.64. The second-order valence-electron chi connectivity index (χ2n) is 3.89. The molecule has 5 heteroatoms. The van der Waals surface area contributed by atoms with Crippen molar-refractivity contribution in [2.45, 2.75) is 50.4 Å². The van der Waals surface area contributed by atoms with Gasteiger partial charge in [0.05, 0.1) is 11.4 Å². The van der Waals surface area contributed by atoms with Crippen molar-refractivity contribution < 1.29 is 0 Å². The number of aromatic nitrogens is 4. The molecule has 1 heterocycles. The maximum absolute atomic E-state index is 6.01. The van der Waals surface area contributed by atoms with E-state index >= 15 is 0 Å². The van der Waals surface area contributed by atoms with Gasteiger partial charge in [-0.15, -0.1) is 16.7 Å². The van der Waals surface area contributed by atoms with Gasteiger partial charge in [0.15, 0.2) is 5.82 Å². The summed E-state index contributed by atoms with van der Waals surface area (Å²) in [5, 5.41) is 11.6. The van der Waals surface area contributed by atoms with Crippen molar-refractivity contribution in [3.8, 4) is 0 Å². The smallest absolute Gasteiger partial charge is 0.169 e. The number of tetrazole rings is 1. The van der Waals surface area contributed by atoms with E-state index in [9.17, 15) is 0 Å². The molecule has 2 rings (SSSR count). The summed E-state index contributed by atoms with van der Waals surface area (Å²) in [5.41, 5.74) is 0. The van der Waals surface area contributed by atoms with E-state index in [2.05, 4.69) is 15.5 Å². The molecule has 0 unspecified atom stereocenters. The summed E-state index contributed by atoms with van der Waals surface area (Å²) in [4.78, 5) is 0. The van der Waals surface area contributed by atoms with Crippen molar-refractivity contribution in [3.63, 3.8) is 0 Å². The summed E-state index contributed by atoms with van der Waals surface area (Å²) in [7, 11) is 0. The SMILES string of the molecule is C[C@H](Cl)c1nnnn1C1CCCCC1. The molecule has 4 nitrogen and oxygen atoms in total. The molecule has 0 radical (unpaired) electrons. The molecule has 1 saturated carbocycles. The highest BCUT2D eigenvalue weighted by atomic mass is 35.5. The van der Waals surface area contributed by atoms with Gasteiger partial charge in [-0.3, -0.25) is 0 Å². The first-order valence-electron chi connectivity index (χ1n) is 5.21. The second kappa shape index (κ2) is 4.26. The highest BCUT2D eigenvalue weighted by molar-refractivity contribution is 6.20. The predicted molar refractivity (Wildman–Crippen MR) is 54.2 cm³/mol. The Morgan fingerprint density at radius 1 is 1.36 bits per heavy atom. The third-order valence-electron chi connectivity index (χ3n) is 2.79. The fourth-order valence-electron chi connectivity index (χ4n) is 2.05. The van der Waals surface area contributed by atoms with Gasteiger partial charge in [0, 0.05) is 0 Å². The molecule has 14 heavy (non-hydrogen) atoms. The van der Waals surface area contributed by atoms with Gasteiger partial charge >= 0.3 is 0 Å². The molecule has 1 atom stereocenters. The fourth-order valence-corrected chi connectivity index (χ4v) is 2.19. The van der Waals surface area contributed by atoms with Gasteiger partial charge in [-0.1, -0.05) is 19.3 Å². The highest BCUT2D eigenvalue weighted by Crippen LogP contribution is 2.29. The van der Waals surface area contributed by atoms with Crippen LogP contribution in [-0.4, -0.2) is 20.2 Å². The molecular weight excluding hydrogens is 200 g/mol. The van der Waals surface area contributed by atoms with Crippen molar-refractivity contribution in [1.29, 1.82) is 0 Å². The molecular formula is C9H15ClN4. The molecule has 1 aromatic rings. The Kier molecular flexibility index (Phi) is 3.01. The summed E-state index contributed by atoms with van der Waals surface area (Å²) < 4.78 is 1.91. The maximum Gasteiger partial charge on any atom is 0.169 e. The standard InChI is InChI=1S/C9H15ClN4/c1-7(10)9-11-12-13-14(9)8-5-3-2-4-6-8/h7-8H,2-6H2,1H3/t7-/m0/s1. The van der Waals surface area contributed by atoms with Gasteiger partial charge in [-0.05, 0) is 30.2 Å². The first kappa shape index (κ1) is 9.90. The van der Waals surface area contributed by atoms with Gasteiger partial charge in [-0.25, -0.2) is 4.68 Å². The number of rotatable bonds is 2. The third kappa shape index (κ3) is 1.90. The van der Waals surface area contributed by atoms with E-state index < -0.39 is 0 Å². The average molecular weight is 215 g/mol. The molecule has 0 amide bonds. The molecule has 0 spiro atoms. The van der Waals surface area contributed by atoms with Gasteiger partial charge in [0.1, 0.15) is 0 Å². The maximum atomic E-state index is 6.01. The van der Waals surface area contributed by atoms with E-state index in [1.807, 2.05) is 11.6 Å². The van der Waals surface area contributed by atoms with Crippen LogP contribution in [-0.2, 0) is 0 Å². The molecule has 0 aliphatic heterocycles.